The summed E-state index contributed by atoms with van der Waals surface area (Å²) in [6.45, 7) is -0.117. The number of aliphatic hydroxyl groups excluding tert-OH is 3. The third-order valence-electron chi connectivity index (χ3n) is 6.18. The maximum absolute atomic E-state index is 12.7. The predicted molar refractivity (Wildman–Crippen MR) is 113 cm³/mol. The van der Waals surface area contributed by atoms with E-state index in [1.54, 1.807) is 30.5 Å². The number of aliphatic hydroxyl groups is 4. The predicted octanol–water partition coefficient (Wildman–Crippen LogP) is -0.249. The Balaban J connectivity index is 1.55. The summed E-state index contributed by atoms with van der Waals surface area (Å²) < 4.78 is 10.9. The van der Waals surface area contributed by atoms with Gasteiger partial charge in [-0.1, -0.05) is 6.07 Å². The summed E-state index contributed by atoms with van der Waals surface area (Å²) in [6, 6.07) is 8.39. The second-order valence-electron chi connectivity index (χ2n) is 8.28. The zero-order valence-corrected chi connectivity index (χ0v) is 17.8. The van der Waals surface area contributed by atoms with Crippen molar-refractivity contribution in [2.75, 3.05) is 19.7 Å². The molecule has 2 aromatic heterocycles. The van der Waals surface area contributed by atoms with Gasteiger partial charge in [-0.25, -0.2) is 4.79 Å². The van der Waals surface area contributed by atoms with Crippen LogP contribution >= 0.6 is 0 Å². The molecule has 5 N–H and O–H groups in total. The van der Waals surface area contributed by atoms with Crippen LogP contribution in [0.15, 0.2) is 36.5 Å². The molecule has 0 radical (unpaired) electrons. The molecule has 11 heteroatoms. The molecule has 0 unspecified atom stereocenters. The van der Waals surface area contributed by atoms with E-state index in [2.05, 4.69) is 9.97 Å². The van der Waals surface area contributed by atoms with Crippen molar-refractivity contribution in [3.63, 3.8) is 0 Å². The quantitative estimate of drug-likeness (QED) is 0.378. The first-order valence-corrected chi connectivity index (χ1v) is 10.8. The van der Waals surface area contributed by atoms with Gasteiger partial charge in [-0.3, -0.25) is 4.98 Å². The third-order valence-corrected chi connectivity index (χ3v) is 6.18. The number of hydrogen-bond acceptors (Lipinski definition) is 9. The molecule has 178 valence electrons. The summed E-state index contributed by atoms with van der Waals surface area (Å²) >= 11 is 0. The topological polar surface area (TPSA) is 165 Å². The van der Waals surface area contributed by atoms with E-state index >= 15 is 0 Å². The summed E-state index contributed by atoms with van der Waals surface area (Å²) in [5.74, 6) is -2.53. The number of H-pyrrole nitrogens is 1. The highest BCUT2D eigenvalue weighted by atomic mass is 16.7. The van der Waals surface area contributed by atoms with Crippen molar-refractivity contribution < 1.29 is 39.5 Å². The second kappa shape index (κ2) is 9.57. The number of hydrogen-bond donors (Lipinski definition) is 5. The van der Waals surface area contributed by atoms with Crippen LogP contribution in [-0.2, 0) is 20.1 Å². The number of piperidine rings is 1. The number of nitrogens with zero attached hydrogens (tertiary/aromatic N) is 2. The third kappa shape index (κ3) is 4.50. The van der Waals surface area contributed by atoms with Crippen LogP contribution in [0, 0.1) is 5.92 Å². The van der Waals surface area contributed by atoms with Gasteiger partial charge in [0.05, 0.1) is 23.7 Å². The molecule has 0 aromatic carbocycles. The Morgan fingerprint density at radius 2 is 2.03 bits per heavy atom. The SMILES string of the molecule is O=CC1CCN(C(=O)O[C@H]2[C@H](O)[C@@H](CO)O[C@](O)(c3ccc(-c4ccccn4)[nH]3)[C@@H]2O)CC1. The molecule has 2 aliphatic heterocycles. The first-order valence-electron chi connectivity index (χ1n) is 10.8. The Morgan fingerprint density at radius 3 is 2.67 bits per heavy atom. The first kappa shape index (κ1) is 23.3. The van der Waals surface area contributed by atoms with E-state index in [0.29, 0.717) is 24.2 Å². The maximum atomic E-state index is 12.7. The van der Waals surface area contributed by atoms with E-state index in [1.807, 2.05) is 0 Å². The van der Waals surface area contributed by atoms with Gasteiger partial charge in [-0.05, 0) is 37.1 Å². The fourth-order valence-corrected chi connectivity index (χ4v) is 4.18. The Labute approximate surface area is 189 Å². The van der Waals surface area contributed by atoms with Crippen LogP contribution in [0.4, 0.5) is 4.79 Å². The molecule has 4 heterocycles. The highest BCUT2D eigenvalue weighted by Crippen LogP contribution is 2.38. The molecule has 2 fully saturated rings. The van der Waals surface area contributed by atoms with Crippen LogP contribution in [0.5, 0.6) is 0 Å². The molecular formula is C22H27N3O8. The number of aromatic amines is 1. The number of nitrogens with one attached hydrogen (secondary N) is 1. The van der Waals surface area contributed by atoms with Crippen LogP contribution in [0.1, 0.15) is 18.5 Å². The van der Waals surface area contributed by atoms with Crippen molar-refractivity contribution in [3.05, 3.63) is 42.2 Å². The molecule has 33 heavy (non-hydrogen) atoms. The molecule has 1 amide bonds. The number of ether oxygens (including phenoxy) is 2. The number of aromatic nitrogens is 2. The van der Waals surface area contributed by atoms with E-state index < -0.39 is 42.9 Å². The minimum absolute atomic E-state index is 0.0360. The minimum Gasteiger partial charge on any atom is -0.440 e. The fourth-order valence-electron chi connectivity index (χ4n) is 4.18. The number of likely N-dealkylation sites (tertiary alicyclic amines) is 1. The van der Waals surface area contributed by atoms with Gasteiger partial charge in [0.1, 0.15) is 18.5 Å². The number of aldehydes is 1. The van der Waals surface area contributed by atoms with E-state index in [9.17, 15) is 30.0 Å². The van der Waals surface area contributed by atoms with Gasteiger partial charge in [0.25, 0.3) is 0 Å². The van der Waals surface area contributed by atoms with Gasteiger partial charge < -0.3 is 44.6 Å². The normalized spacial score (nSPS) is 30.7. The van der Waals surface area contributed by atoms with Gasteiger partial charge in [0.2, 0.25) is 5.79 Å². The highest BCUT2D eigenvalue weighted by molar-refractivity contribution is 5.68. The molecular weight excluding hydrogens is 434 g/mol. The molecule has 0 spiro atoms. The largest absolute Gasteiger partial charge is 0.440 e. The first-order chi connectivity index (χ1) is 15.9. The van der Waals surface area contributed by atoms with E-state index in [-0.39, 0.29) is 24.7 Å². The number of pyridine rings is 1. The van der Waals surface area contributed by atoms with Crippen molar-refractivity contribution >= 4 is 12.4 Å². The van der Waals surface area contributed by atoms with E-state index in [0.717, 1.165) is 6.29 Å². The Kier molecular flexibility index (Phi) is 6.77. The average molecular weight is 461 g/mol. The lowest BCUT2D eigenvalue weighted by molar-refractivity contribution is -0.358. The second-order valence-corrected chi connectivity index (χ2v) is 8.28. The number of amides is 1. The average Bonchev–Trinajstić information content (AvgIpc) is 3.36. The summed E-state index contributed by atoms with van der Waals surface area (Å²) in [7, 11) is 0. The number of carbonyl (C=O) groups excluding carboxylic acids is 2. The van der Waals surface area contributed by atoms with Crippen molar-refractivity contribution in [1.82, 2.24) is 14.9 Å². The molecule has 2 aliphatic rings. The molecule has 0 bridgehead atoms. The minimum atomic E-state index is -2.41. The molecule has 11 nitrogen and oxygen atoms in total. The fraction of sp³-hybridized carbons (Fsp3) is 0.500. The monoisotopic (exact) mass is 461 g/mol. The number of rotatable bonds is 5. The summed E-state index contributed by atoms with van der Waals surface area (Å²) in [5, 5.41) is 42.5. The van der Waals surface area contributed by atoms with Crippen LogP contribution in [0.25, 0.3) is 11.4 Å². The van der Waals surface area contributed by atoms with Gasteiger partial charge >= 0.3 is 6.09 Å². The van der Waals surface area contributed by atoms with Crippen molar-refractivity contribution in [2.45, 2.75) is 43.0 Å². The summed E-state index contributed by atoms with van der Waals surface area (Å²) in [4.78, 5) is 32.1. The highest BCUT2D eigenvalue weighted by Gasteiger charge is 2.56. The standard InChI is InChI=1S/C22H27N3O8/c26-11-13-6-9-25(10-7-13)21(30)32-19-18(28)16(12-27)33-22(31,20(19)29)17-5-4-15(24-17)14-3-1-2-8-23-14/h1-5,8,11,13,16,18-20,24,27-29,31H,6-7,9-10,12H2/t16-,18-,19+,20-,22-/m1/s1. The molecule has 2 aromatic rings. The van der Waals surface area contributed by atoms with Gasteiger partial charge in [0.15, 0.2) is 12.2 Å². The molecule has 5 atom stereocenters. The molecule has 2 saturated heterocycles. The lowest BCUT2D eigenvalue weighted by atomic mass is 9.90. The Hall–Kier alpha value is -2.83. The van der Waals surface area contributed by atoms with Crippen molar-refractivity contribution in [1.29, 1.82) is 0 Å². The molecule has 4 rings (SSSR count). The van der Waals surface area contributed by atoms with Crippen LogP contribution < -0.4 is 0 Å². The van der Waals surface area contributed by atoms with Crippen molar-refractivity contribution in [3.8, 4) is 11.4 Å². The van der Waals surface area contributed by atoms with Gasteiger partial charge in [0, 0.05) is 25.2 Å². The van der Waals surface area contributed by atoms with Crippen LogP contribution in [0.3, 0.4) is 0 Å². The Morgan fingerprint density at radius 1 is 1.27 bits per heavy atom. The van der Waals surface area contributed by atoms with E-state index in [1.165, 1.54) is 11.0 Å². The molecule has 0 aliphatic carbocycles. The van der Waals surface area contributed by atoms with Crippen molar-refractivity contribution in [2.24, 2.45) is 5.92 Å². The Bertz CT molecular complexity index is 962. The lowest BCUT2D eigenvalue weighted by Crippen LogP contribution is -2.65. The zero-order valence-electron chi connectivity index (χ0n) is 17.8. The molecule has 0 saturated carbocycles. The summed E-state index contributed by atoms with van der Waals surface area (Å²) in [6.07, 6.45) is -3.76. The maximum Gasteiger partial charge on any atom is 0.410 e. The lowest BCUT2D eigenvalue weighted by Gasteiger charge is -2.46. The van der Waals surface area contributed by atoms with Crippen LogP contribution in [0.2, 0.25) is 0 Å². The number of carbonyl (C=O) groups is 2. The van der Waals surface area contributed by atoms with Crippen LogP contribution in [-0.4, -0.2) is 91.8 Å². The van der Waals surface area contributed by atoms with Gasteiger partial charge in [-0.15, -0.1) is 0 Å². The van der Waals surface area contributed by atoms with Gasteiger partial charge in [-0.2, -0.15) is 0 Å². The van der Waals surface area contributed by atoms with E-state index in [4.69, 9.17) is 9.47 Å². The zero-order chi connectivity index (χ0) is 23.6. The smallest absolute Gasteiger partial charge is 0.410 e. The summed E-state index contributed by atoms with van der Waals surface area (Å²) in [5.41, 5.74) is 1.15.